The van der Waals surface area contributed by atoms with Gasteiger partial charge in [0.05, 0.1) is 18.6 Å². The zero-order valence-corrected chi connectivity index (χ0v) is 13.2. The molecule has 1 N–H and O–H groups in total. The minimum atomic E-state index is -0.291. The van der Waals surface area contributed by atoms with E-state index in [9.17, 15) is 5.11 Å². The number of hydrogen-bond donors (Lipinski definition) is 1. The summed E-state index contributed by atoms with van der Waals surface area (Å²) in [7, 11) is 1.73. The van der Waals surface area contributed by atoms with Gasteiger partial charge in [-0.1, -0.05) is 12.0 Å². The molecule has 0 amide bonds. The minimum Gasteiger partial charge on any atom is -0.497 e. The molecule has 0 aromatic heterocycles. The second kappa shape index (κ2) is 5.03. The summed E-state index contributed by atoms with van der Waals surface area (Å²) in [6.45, 7) is 0. The fourth-order valence-electron chi connectivity index (χ4n) is 5.61. The molecule has 2 saturated carbocycles. The Morgan fingerprint density at radius 2 is 2.14 bits per heavy atom. The molecule has 0 heterocycles. The highest BCUT2D eigenvalue weighted by Crippen LogP contribution is 2.60. The number of hydrogen-bond acceptors (Lipinski definition) is 2. The van der Waals surface area contributed by atoms with E-state index in [2.05, 4.69) is 24.1 Å². The van der Waals surface area contributed by atoms with Crippen molar-refractivity contribution in [1.82, 2.24) is 0 Å². The maximum atomic E-state index is 10.5. The molecule has 3 aliphatic rings. The molecule has 4 rings (SSSR count). The van der Waals surface area contributed by atoms with Gasteiger partial charge >= 0.3 is 0 Å². The SMILES string of the molecule is C#CC12CC[C@@H]3c4ccc(OC)cc4CC[C@H]3[C@@H]1CC[C@@H]2O. The Bertz CT molecular complexity index is 629. The van der Waals surface area contributed by atoms with Gasteiger partial charge in [0.15, 0.2) is 0 Å². The molecule has 5 atom stereocenters. The highest BCUT2D eigenvalue weighted by atomic mass is 16.5. The van der Waals surface area contributed by atoms with E-state index >= 15 is 0 Å². The van der Waals surface area contributed by atoms with Crippen LogP contribution in [0, 0.1) is 29.6 Å². The molecule has 1 aromatic rings. The molecule has 0 aliphatic heterocycles. The molecule has 0 spiro atoms. The number of benzene rings is 1. The number of aliphatic hydroxyl groups is 1. The second-order valence-electron chi connectivity index (χ2n) is 7.30. The highest BCUT2D eigenvalue weighted by molar-refractivity contribution is 5.41. The van der Waals surface area contributed by atoms with Crippen molar-refractivity contribution in [2.45, 2.75) is 50.5 Å². The zero-order chi connectivity index (χ0) is 15.3. The third-order valence-corrected chi connectivity index (χ3v) is 6.68. The Morgan fingerprint density at radius 1 is 1.27 bits per heavy atom. The van der Waals surface area contributed by atoms with Crippen LogP contribution in [-0.4, -0.2) is 18.3 Å². The molecule has 3 aliphatic carbocycles. The zero-order valence-electron chi connectivity index (χ0n) is 13.2. The second-order valence-corrected chi connectivity index (χ2v) is 7.30. The third-order valence-electron chi connectivity index (χ3n) is 6.68. The topological polar surface area (TPSA) is 29.5 Å². The summed E-state index contributed by atoms with van der Waals surface area (Å²) < 4.78 is 5.37. The molecule has 1 aromatic carbocycles. The fourth-order valence-corrected chi connectivity index (χ4v) is 5.61. The maximum Gasteiger partial charge on any atom is 0.119 e. The van der Waals surface area contributed by atoms with Crippen LogP contribution in [0.1, 0.15) is 49.1 Å². The average Bonchev–Trinajstić information content (AvgIpc) is 2.91. The van der Waals surface area contributed by atoms with Gasteiger partial charge in [-0.15, -0.1) is 6.42 Å². The number of methoxy groups -OCH3 is 1. The summed E-state index contributed by atoms with van der Waals surface area (Å²) in [6, 6.07) is 6.56. The standard InChI is InChI=1S/C20H24O2/c1-3-20-11-10-16-15-7-5-14(22-2)12-13(15)4-6-17(16)18(20)8-9-19(20)21/h1,5,7,12,16-19,21H,4,6,8-11H2,2H3/t16-,17-,18+,19+,20?/m1/s1. The van der Waals surface area contributed by atoms with Gasteiger partial charge in [0.1, 0.15) is 5.75 Å². The van der Waals surface area contributed by atoms with E-state index in [1.807, 2.05) is 0 Å². The van der Waals surface area contributed by atoms with Gasteiger partial charge in [0.2, 0.25) is 0 Å². The summed E-state index contributed by atoms with van der Waals surface area (Å²) in [5.41, 5.74) is 2.71. The van der Waals surface area contributed by atoms with E-state index in [0.29, 0.717) is 17.8 Å². The lowest BCUT2D eigenvalue weighted by molar-refractivity contribution is 0.00702. The molecule has 1 unspecified atom stereocenters. The van der Waals surface area contributed by atoms with Crippen LogP contribution in [0.15, 0.2) is 18.2 Å². The predicted octanol–water partition coefficient (Wildman–Crippen LogP) is 3.53. The van der Waals surface area contributed by atoms with Crippen molar-refractivity contribution in [3.63, 3.8) is 0 Å². The maximum absolute atomic E-state index is 10.5. The van der Waals surface area contributed by atoms with Gasteiger partial charge in [-0.2, -0.15) is 0 Å². The van der Waals surface area contributed by atoms with Crippen LogP contribution < -0.4 is 4.74 Å². The Kier molecular flexibility index (Phi) is 3.24. The van der Waals surface area contributed by atoms with E-state index in [0.717, 1.165) is 37.9 Å². The monoisotopic (exact) mass is 296 g/mol. The van der Waals surface area contributed by atoms with Crippen molar-refractivity contribution in [3.05, 3.63) is 29.3 Å². The van der Waals surface area contributed by atoms with Crippen molar-refractivity contribution in [2.75, 3.05) is 7.11 Å². The Morgan fingerprint density at radius 3 is 2.91 bits per heavy atom. The Balaban J connectivity index is 1.70. The minimum absolute atomic E-state index is 0.245. The van der Waals surface area contributed by atoms with Gasteiger partial charge in [-0.3, -0.25) is 0 Å². The van der Waals surface area contributed by atoms with Gasteiger partial charge in [0.25, 0.3) is 0 Å². The van der Waals surface area contributed by atoms with Crippen molar-refractivity contribution < 1.29 is 9.84 Å². The summed E-state index contributed by atoms with van der Waals surface area (Å²) in [5, 5.41) is 10.5. The van der Waals surface area contributed by atoms with Crippen molar-refractivity contribution in [1.29, 1.82) is 0 Å². The first-order valence-electron chi connectivity index (χ1n) is 8.52. The van der Waals surface area contributed by atoms with E-state index in [1.54, 1.807) is 7.11 Å². The summed E-state index contributed by atoms with van der Waals surface area (Å²) in [4.78, 5) is 0. The van der Waals surface area contributed by atoms with E-state index < -0.39 is 0 Å². The largest absolute Gasteiger partial charge is 0.497 e. The molecule has 22 heavy (non-hydrogen) atoms. The lowest BCUT2D eigenvalue weighted by Gasteiger charge is -2.49. The molecule has 0 radical (unpaired) electrons. The molecule has 2 heteroatoms. The lowest BCUT2D eigenvalue weighted by atomic mass is 9.55. The number of aliphatic hydroxyl groups excluding tert-OH is 1. The van der Waals surface area contributed by atoms with Crippen LogP contribution in [0.2, 0.25) is 0 Å². The smallest absolute Gasteiger partial charge is 0.119 e. The molecule has 116 valence electrons. The lowest BCUT2D eigenvalue weighted by Crippen LogP contribution is -2.45. The molecule has 0 bridgehead atoms. The highest BCUT2D eigenvalue weighted by Gasteiger charge is 2.56. The van der Waals surface area contributed by atoms with Crippen LogP contribution in [0.3, 0.4) is 0 Å². The quantitative estimate of drug-likeness (QED) is 0.803. The first-order valence-corrected chi connectivity index (χ1v) is 8.52. The van der Waals surface area contributed by atoms with Crippen molar-refractivity contribution >= 4 is 0 Å². The van der Waals surface area contributed by atoms with Gasteiger partial charge in [-0.25, -0.2) is 0 Å². The molecule has 0 saturated heterocycles. The normalized spacial score (nSPS) is 39.3. The molecular formula is C20H24O2. The van der Waals surface area contributed by atoms with Crippen LogP contribution in [0.5, 0.6) is 5.75 Å². The summed E-state index contributed by atoms with van der Waals surface area (Å²) >= 11 is 0. The van der Waals surface area contributed by atoms with Gasteiger partial charge in [-0.05, 0) is 79.5 Å². The van der Waals surface area contributed by atoms with E-state index in [1.165, 1.54) is 17.5 Å². The van der Waals surface area contributed by atoms with Crippen LogP contribution in [0.4, 0.5) is 0 Å². The molecular weight excluding hydrogens is 272 g/mol. The Hall–Kier alpha value is -1.46. The molecule has 2 nitrogen and oxygen atoms in total. The number of terminal acetylenes is 1. The van der Waals surface area contributed by atoms with Crippen molar-refractivity contribution in [3.8, 4) is 18.1 Å². The number of aryl methyl sites for hydroxylation is 1. The fraction of sp³-hybridized carbons (Fsp3) is 0.600. The van der Waals surface area contributed by atoms with Crippen LogP contribution in [0.25, 0.3) is 0 Å². The third kappa shape index (κ3) is 1.78. The average molecular weight is 296 g/mol. The number of ether oxygens (including phenoxy) is 1. The first kappa shape index (κ1) is 14.2. The van der Waals surface area contributed by atoms with Crippen LogP contribution in [-0.2, 0) is 6.42 Å². The summed E-state index contributed by atoms with van der Waals surface area (Å²) in [5.74, 6) is 5.75. The molecule has 2 fully saturated rings. The predicted molar refractivity (Wildman–Crippen MR) is 86.8 cm³/mol. The van der Waals surface area contributed by atoms with E-state index in [4.69, 9.17) is 11.2 Å². The first-order chi connectivity index (χ1) is 10.7. The summed E-state index contributed by atoms with van der Waals surface area (Å²) in [6.07, 6.45) is 12.0. The van der Waals surface area contributed by atoms with E-state index in [-0.39, 0.29) is 11.5 Å². The van der Waals surface area contributed by atoms with Gasteiger partial charge < -0.3 is 9.84 Å². The van der Waals surface area contributed by atoms with Crippen LogP contribution >= 0.6 is 0 Å². The Labute approximate surface area is 132 Å². The number of fused-ring (bicyclic) bond motifs is 5. The van der Waals surface area contributed by atoms with Crippen molar-refractivity contribution in [2.24, 2.45) is 17.3 Å². The van der Waals surface area contributed by atoms with Gasteiger partial charge in [0, 0.05) is 0 Å². The number of rotatable bonds is 1.